The quantitative estimate of drug-likeness (QED) is 0.167. The van der Waals surface area contributed by atoms with E-state index in [9.17, 15) is 0 Å². The van der Waals surface area contributed by atoms with Crippen molar-refractivity contribution in [2.24, 2.45) is 0 Å². The average Bonchev–Trinajstić information content (AvgIpc) is 1.58. The molecule has 3 heterocycles. The predicted molar refractivity (Wildman–Crippen MR) is 557 cm³/mol. The van der Waals surface area contributed by atoms with Gasteiger partial charge in [-0.3, -0.25) is 0 Å². The fraction of sp³-hybridized carbons (Fsp3) is 0.317. The molecule has 0 saturated heterocycles. The molecule has 14 aromatic carbocycles. The first-order valence-corrected chi connectivity index (χ1v) is 45.7. The van der Waals surface area contributed by atoms with Crippen molar-refractivity contribution in [1.29, 1.82) is 0 Å². The van der Waals surface area contributed by atoms with Gasteiger partial charge in [-0.2, -0.15) is 0 Å². The van der Waals surface area contributed by atoms with E-state index in [2.05, 4.69) is 556 Å². The number of hydrogen-bond acceptors (Lipinski definition) is 0. The van der Waals surface area contributed by atoms with Gasteiger partial charge in [0.05, 0.1) is 33.1 Å². The minimum Gasteiger partial charge on any atom is -0.309 e. The van der Waals surface area contributed by atoms with Gasteiger partial charge in [0.2, 0.25) is 0 Å². The Balaban J connectivity index is 0.000000154. The number of nitrogens with zero attached hydrogens (tertiary/aromatic N) is 3. The number of para-hydroxylation sites is 8. The van der Waals surface area contributed by atoms with E-state index in [0.29, 0.717) is 0 Å². The molecular weight excluding hydrogens is 1520 g/mol. The van der Waals surface area contributed by atoms with Crippen LogP contribution in [-0.2, 0) is 43.3 Å². The van der Waals surface area contributed by atoms with Gasteiger partial charge >= 0.3 is 0 Å². The molecule has 0 radical (unpaired) electrons. The van der Waals surface area contributed by atoms with Crippen LogP contribution in [0.15, 0.2) is 328 Å². The highest BCUT2D eigenvalue weighted by Gasteiger charge is 2.27. The molecular formula is C123H147N3. The molecule has 17 aromatic rings. The SMILES string of the molecule is CC(C)(C)c1cccc2c1c1ccccc1n2-c1ccccc1.CC(C)(C)c1cccc2c3ccccc3n(-c3ccccc3)c12.CC(C)(C)c1ccccc1-n1c2ccccc2c2ccccc21.Cc1cccc(C)c1C(C)(C)C.Cc1cccc(C)c1C(C)(C)C.Cc1ccccc1C(C)(C)C.Cc1ccccc1C(C)(C)C.Cc1ccccc1C(C)(C)C. The molecule has 0 saturated carbocycles. The van der Waals surface area contributed by atoms with E-state index in [1.54, 1.807) is 0 Å². The van der Waals surface area contributed by atoms with Crippen LogP contribution >= 0.6 is 0 Å². The van der Waals surface area contributed by atoms with E-state index in [1.807, 2.05) is 0 Å². The summed E-state index contributed by atoms with van der Waals surface area (Å²) in [6, 6.07) is 117. The van der Waals surface area contributed by atoms with E-state index >= 15 is 0 Å². The fourth-order valence-electron chi connectivity index (χ4n) is 18.7. The van der Waals surface area contributed by atoms with Crippen LogP contribution in [-0.4, -0.2) is 13.7 Å². The third kappa shape index (κ3) is 23.4. The Bertz CT molecular complexity index is 6170. The van der Waals surface area contributed by atoms with Crippen molar-refractivity contribution in [3.63, 3.8) is 0 Å². The second-order valence-electron chi connectivity index (χ2n) is 42.6. The second-order valence-corrected chi connectivity index (χ2v) is 42.6. The third-order valence-corrected chi connectivity index (χ3v) is 23.9. The molecule has 0 N–H and O–H groups in total. The van der Waals surface area contributed by atoms with Gasteiger partial charge in [0, 0.05) is 49.4 Å². The molecule has 3 nitrogen and oxygen atoms in total. The normalized spacial score (nSPS) is 11.9. The lowest BCUT2D eigenvalue weighted by Gasteiger charge is -2.24. The Morgan fingerprint density at radius 3 is 0.738 bits per heavy atom. The molecule has 0 spiro atoms. The Hall–Kier alpha value is -11.5. The summed E-state index contributed by atoms with van der Waals surface area (Å²) >= 11 is 0. The van der Waals surface area contributed by atoms with Crippen LogP contribution in [0.1, 0.15) is 250 Å². The number of fused-ring (bicyclic) bond motifs is 9. The second kappa shape index (κ2) is 40.0. The summed E-state index contributed by atoms with van der Waals surface area (Å²) in [6.07, 6.45) is 0. The minimum atomic E-state index is 0.0976. The summed E-state index contributed by atoms with van der Waals surface area (Å²) < 4.78 is 7.19. The summed E-state index contributed by atoms with van der Waals surface area (Å²) in [5.41, 5.74) is 34.4. The Morgan fingerprint density at radius 2 is 0.397 bits per heavy atom. The molecule has 0 amide bonds. The number of aromatic nitrogens is 3. The Kier molecular flexibility index (Phi) is 30.7. The zero-order valence-electron chi connectivity index (χ0n) is 82.5. The molecule has 0 aliphatic heterocycles. The Morgan fingerprint density at radius 1 is 0.159 bits per heavy atom. The molecule has 0 aliphatic rings. The standard InChI is InChI=1S/3C22H21N.2C12H18.3C11H16/c1-22(2,3)18-12-6-9-15-21(18)23-19-13-7-4-10-16(19)17-11-5-8-14-20(17)23;1-22(2,3)19-14-9-13-18-17-12-7-8-15-20(17)23(21(18)19)16-10-5-4-6-11-16;1-22(2,3)18-13-9-15-20-21(18)17-12-7-8-14-19(17)23(20)16-10-5-4-6-11-16;2*1-9-7-6-8-10(2)11(9)12(3,4)5;3*1-9-7-5-6-8-10(9)11(2,3)4/h3*4-15H,1-3H3;2*6-8H,1-5H3;3*5-8H,1-4H3. The van der Waals surface area contributed by atoms with Crippen LogP contribution < -0.4 is 0 Å². The average molecular weight is 1670 g/mol. The van der Waals surface area contributed by atoms with E-state index in [1.165, 1.54) is 166 Å². The number of rotatable bonds is 3. The maximum atomic E-state index is 2.41. The maximum absolute atomic E-state index is 2.41. The van der Waals surface area contributed by atoms with Crippen LogP contribution in [0.25, 0.3) is 82.5 Å². The topological polar surface area (TPSA) is 14.8 Å². The van der Waals surface area contributed by atoms with Gasteiger partial charge in [0.15, 0.2) is 0 Å². The minimum absolute atomic E-state index is 0.0976. The molecule has 17 rings (SSSR count). The first-order valence-electron chi connectivity index (χ1n) is 45.7. The van der Waals surface area contributed by atoms with Crippen molar-refractivity contribution < 1.29 is 0 Å². The lowest BCUT2D eigenvalue weighted by atomic mass is 9.81. The smallest absolute Gasteiger partial charge is 0.0578 e. The molecule has 0 unspecified atom stereocenters. The number of benzene rings is 14. The van der Waals surface area contributed by atoms with Gasteiger partial charge in [0.1, 0.15) is 0 Å². The van der Waals surface area contributed by atoms with Crippen molar-refractivity contribution in [3.05, 3.63) is 411 Å². The van der Waals surface area contributed by atoms with Gasteiger partial charge in [-0.15, -0.1) is 0 Å². The zero-order chi connectivity index (χ0) is 92.2. The first-order chi connectivity index (χ1) is 59.1. The molecule has 0 aliphatic carbocycles. The summed E-state index contributed by atoms with van der Waals surface area (Å²) in [6.45, 7) is 69.6. The highest BCUT2D eigenvalue weighted by molar-refractivity contribution is 6.12. The van der Waals surface area contributed by atoms with Crippen molar-refractivity contribution in [1.82, 2.24) is 13.7 Å². The van der Waals surface area contributed by atoms with Crippen molar-refractivity contribution in [3.8, 4) is 17.1 Å². The first kappa shape index (κ1) is 96.7. The van der Waals surface area contributed by atoms with Crippen LogP contribution in [0.2, 0.25) is 0 Å². The molecule has 0 bridgehead atoms. The van der Waals surface area contributed by atoms with Crippen LogP contribution in [0.5, 0.6) is 0 Å². The molecule has 3 heteroatoms. The molecule has 0 atom stereocenters. The van der Waals surface area contributed by atoms with Crippen molar-refractivity contribution in [2.45, 2.75) is 258 Å². The predicted octanol–water partition coefficient (Wildman–Crippen LogP) is 35.3. The van der Waals surface area contributed by atoms with Crippen molar-refractivity contribution in [2.75, 3.05) is 0 Å². The highest BCUT2D eigenvalue weighted by Crippen LogP contribution is 2.43. The summed E-state index contributed by atoms with van der Waals surface area (Å²) in [5, 5.41) is 7.98. The van der Waals surface area contributed by atoms with E-state index in [-0.39, 0.29) is 43.3 Å². The summed E-state index contributed by atoms with van der Waals surface area (Å²) in [4.78, 5) is 0. The zero-order valence-corrected chi connectivity index (χ0v) is 82.5. The van der Waals surface area contributed by atoms with Crippen LogP contribution in [0, 0.1) is 48.5 Å². The largest absolute Gasteiger partial charge is 0.309 e. The molecule has 654 valence electrons. The number of hydrogen-bond donors (Lipinski definition) is 0. The highest BCUT2D eigenvalue weighted by atomic mass is 15.0. The van der Waals surface area contributed by atoms with E-state index in [4.69, 9.17) is 0 Å². The lowest BCUT2D eigenvalue weighted by Crippen LogP contribution is -2.15. The van der Waals surface area contributed by atoms with Crippen LogP contribution in [0.4, 0.5) is 0 Å². The maximum Gasteiger partial charge on any atom is 0.0578 e. The number of aryl methyl sites for hydroxylation is 7. The van der Waals surface area contributed by atoms with Gasteiger partial charge in [-0.1, -0.05) is 433 Å². The summed E-state index contributed by atoms with van der Waals surface area (Å²) in [5.74, 6) is 0. The van der Waals surface area contributed by atoms with E-state index in [0.717, 1.165) is 0 Å². The van der Waals surface area contributed by atoms with Gasteiger partial charge in [-0.25, -0.2) is 0 Å². The van der Waals surface area contributed by atoms with Gasteiger partial charge in [0.25, 0.3) is 0 Å². The van der Waals surface area contributed by atoms with Crippen LogP contribution in [0.3, 0.4) is 0 Å². The molecule has 3 aromatic heterocycles. The van der Waals surface area contributed by atoms with Crippen molar-refractivity contribution >= 4 is 65.4 Å². The third-order valence-electron chi connectivity index (χ3n) is 23.9. The lowest BCUT2D eigenvalue weighted by molar-refractivity contribution is 0.581. The molecule has 0 fully saturated rings. The van der Waals surface area contributed by atoms with E-state index < -0.39 is 0 Å². The van der Waals surface area contributed by atoms with Gasteiger partial charge in [-0.05, 0) is 236 Å². The Labute approximate surface area is 760 Å². The monoisotopic (exact) mass is 1670 g/mol. The fourth-order valence-corrected chi connectivity index (χ4v) is 18.7. The molecule has 126 heavy (non-hydrogen) atoms. The van der Waals surface area contributed by atoms with Gasteiger partial charge < -0.3 is 13.7 Å². The summed E-state index contributed by atoms with van der Waals surface area (Å²) in [7, 11) is 0.